The number of carbonyl (C=O) groups is 1. The highest BCUT2D eigenvalue weighted by Crippen LogP contribution is 2.44. The van der Waals surface area contributed by atoms with Gasteiger partial charge in [-0.25, -0.2) is 4.79 Å². The molecule has 1 aromatic carbocycles. The fraction of sp³-hybridized carbons (Fsp3) is 0.500. The van der Waals surface area contributed by atoms with E-state index in [1.165, 1.54) is 0 Å². The number of hydrogen-bond acceptors (Lipinski definition) is 3. The van der Waals surface area contributed by atoms with Crippen LogP contribution < -0.4 is 5.32 Å². The van der Waals surface area contributed by atoms with E-state index < -0.39 is 5.60 Å². The van der Waals surface area contributed by atoms with Gasteiger partial charge in [0.25, 0.3) is 0 Å². The molecule has 2 atom stereocenters. The van der Waals surface area contributed by atoms with Crippen LogP contribution in [-0.2, 0) is 15.1 Å². The highest BCUT2D eigenvalue weighted by Gasteiger charge is 2.51. The van der Waals surface area contributed by atoms with Crippen molar-refractivity contribution in [3.8, 4) is 0 Å². The Kier molecular flexibility index (Phi) is 2.55. The summed E-state index contributed by atoms with van der Waals surface area (Å²) in [5, 5.41) is 2.71. The molecular formula is C14H17NO3. The summed E-state index contributed by atoms with van der Waals surface area (Å²) in [5.74, 6) is 0. The maximum Gasteiger partial charge on any atom is 0.408 e. The number of epoxide rings is 1. The molecule has 2 saturated heterocycles. The number of benzene rings is 1. The second-order valence-electron chi connectivity index (χ2n) is 5.34. The second-order valence-corrected chi connectivity index (χ2v) is 5.34. The number of rotatable bonds is 3. The molecule has 0 aromatic heterocycles. The number of carbonyl (C=O) groups excluding carboxylic acids is 1. The first kappa shape index (κ1) is 11.5. The minimum Gasteiger partial charge on any atom is -0.438 e. The zero-order valence-corrected chi connectivity index (χ0v) is 10.4. The van der Waals surface area contributed by atoms with E-state index in [2.05, 4.69) is 12.2 Å². The third-order valence-corrected chi connectivity index (χ3v) is 3.68. The lowest BCUT2D eigenvalue weighted by molar-refractivity contribution is -0.0370. The number of hydrogen-bond donors (Lipinski definition) is 1. The van der Waals surface area contributed by atoms with Gasteiger partial charge in [0.05, 0.1) is 12.2 Å². The van der Waals surface area contributed by atoms with Crippen molar-refractivity contribution < 1.29 is 14.3 Å². The largest absolute Gasteiger partial charge is 0.438 e. The molecule has 2 aliphatic heterocycles. The summed E-state index contributed by atoms with van der Waals surface area (Å²) in [6, 6.07) is 9.95. The van der Waals surface area contributed by atoms with Gasteiger partial charge in [-0.3, -0.25) is 0 Å². The van der Waals surface area contributed by atoms with E-state index in [1.54, 1.807) is 0 Å². The Hall–Kier alpha value is -1.55. The van der Waals surface area contributed by atoms with Crippen molar-refractivity contribution in [2.45, 2.75) is 31.0 Å². The number of nitrogens with one attached hydrogen (secondary N) is 1. The van der Waals surface area contributed by atoms with Crippen LogP contribution in [0.4, 0.5) is 4.79 Å². The predicted octanol–water partition coefficient (Wildman–Crippen LogP) is 2.19. The van der Waals surface area contributed by atoms with Gasteiger partial charge in [0, 0.05) is 19.4 Å². The zero-order chi connectivity index (χ0) is 12.6. The van der Waals surface area contributed by atoms with Crippen molar-refractivity contribution in [2.24, 2.45) is 0 Å². The molecule has 4 heteroatoms. The van der Waals surface area contributed by atoms with Crippen molar-refractivity contribution in [3.63, 3.8) is 0 Å². The summed E-state index contributed by atoms with van der Waals surface area (Å²) in [7, 11) is 0. The molecule has 3 rings (SSSR count). The van der Waals surface area contributed by atoms with Crippen LogP contribution in [0.3, 0.4) is 0 Å². The lowest BCUT2D eigenvalue weighted by atomic mass is 9.81. The lowest BCUT2D eigenvalue weighted by Crippen LogP contribution is -2.47. The minimum atomic E-state index is -0.547. The highest BCUT2D eigenvalue weighted by atomic mass is 16.6. The Morgan fingerprint density at radius 2 is 2.06 bits per heavy atom. The zero-order valence-electron chi connectivity index (χ0n) is 10.4. The van der Waals surface area contributed by atoms with Gasteiger partial charge in [0.2, 0.25) is 0 Å². The van der Waals surface area contributed by atoms with Crippen LogP contribution in [0.1, 0.15) is 25.3 Å². The van der Waals surface area contributed by atoms with E-state index >= 15 is 0 Å². The van der Waals surface area contributed by atoms with E-state index in [0.717, 1.165) is 25.0 Å². The molecule has 0 bridgehead atoms. The minimum absolute atomic E-state index is 0.145. The molecule has 1 N–H and O–H groups in total. The van der Waals surface area contributed by atoms with Gasteiger partial charge in [-0.15, -0.1) is 0 Å². The molecule has 2 fully saturated rings. The molecule has 2 unspecified atom stereocenters. The molecule has 18 heavy (non-hydrogen) atoms. The van der Waals surface area contributed by atoms with Crippen molar-refractivity contribution in [3.05, 3.63) is 35.9 Å². The SMILES string of the molecule is CC1(CC2(c3ccccc3)CCNC(=O)O2)CO1. The van der Waals surface area contributed by atoms with Crippen LogP contribution in [-0.4, -0.2) is 24.8 Å². The van der Waals surface area contributed by atoms with Crippen LogP contribution in [0.5, 0.6) is 0 Å². The van der Waals surface area contributed by atoms with Crippen LogP contribution >= 0.6 is 0 Å². The maximum absolute atomic E-state index is 11.6. The van der Waals surface area contributed by atoms with Gasteiger partial charge in [-0.1, -0.05) is 30.3 Å². The molecule has 0 saturated carbocycles. The van der Waals surface area contributed by atoms with Gasteiger partial charge in [0.15, 0.2) is 0 Å². The molecular weight excluding hydrogens is 230 g/mol. The summed E-state index contributed by atoms with van der Waals surface area (Å²) < 4.78 is 11.1. The van der Waals surface area contributed by atoms with Crippen molar-refractivity contribution in [1.29, 1.82) is 0 Å². The maximum atomic E-state index is 11.6. The molecule has 1 aromatic rings. The first-order valence-corrected chi connectivity index (χ1v) is 6.28. The summed E-state index contributed by atoms with van der Waals surface area (Å²) in [6.07, 6.45) is 1.16. The summed E-state index contributed by atoms with van der Waals surface area (Å²) >= 11 is 0. The Morgan fingerprint density at radius 3 is 2.67 bits per heavy atom. The predicted molar refractivity (Wildman–Crippen MR) is 66.2 cm³/mol. The van der Waals surface area contributed by atoms with Crippen molar-refractivity contribution in [2.75, 3.05) is 13.2 Å². The first-order chi connectivity index (χ1) is 8.62. The van der Waals surface area contributed by atoms with Gasteiger partial charge < -0.3 is 14.8 Å². The quantitative estimate of drug-likeness (QED) is 0.833. The highest BCUT2D eigenvalue weighted by molar-refractivity contribution is 5.69. The standard InChI is InChI=1S/C14H17NO3/c1-13(10-17-13)9-14(7-8-15-12(16)18-14)11-5-3-2-4-6-11/h2-6H,7-10H2,1H3,(H,15,16). The van der Waals surface area contributed by atoms with Gasteiger partial charge in [0.1, 0.15) is 5.60 Å². The number of ether oxygens (including phenoxy) is 2. The Balaban J connectivity index is 1.94. The summed E-state index contributed by atoms with van der Waals surface area (Å²) in [4.78, 5) is 11.6. The monoisotopic (exact) mass is 247 g/mol. The molecule has 96 valence electrons. The molecule has 2 heterocycles. The number of amides is 1. The third-order valence-electron chi connectivity index (χ3n) is 3.68. The third kappa shape index (κ3) is 2.08. The van der Waals surface area contributed by atoms with Crippen molar-refractivity contribution >= 4 is 6.09 Å². The summed E-state index contributed by atoms with van der Waals surface area (Å²) in [5.41, 5.74) is 0.360. The fourth-order valence-corrected chi connectivity index (χ4v) is 2.63. The Labute approximate surface area is 106 Å². The smallest absolute Gasteiger partial charge is 0.408 e. The molecule has 4 nitrogen and oxygen atoms in total. The average Bonchev–Trinajstić information content (AvgIpc) is 3.08. The van der Waals surface area contributed by atoms with E-state index in [4.69, 9.17) is 9.47 Å². The van der Waals surface area contributed by atoms with Crippen LogP contribution in [0.2, 0.25) is 0 Å². The summed E-state index contributed by atoms with van der Waals surface area (Å²) in [6.45, 7) is 3.45. The topological polar surface area (TPSA) is 50.9 Å². The molecule has 0 radical (unpaired) electrons. The van der Waals surface area contributed by atoms with Crippen LogP contribution in [0.25, 0.3) is 0 Å². The Bertz CT molecular complexity index is 455. The van der Waals surface area contributed by atoms with Crippen molar-refractivity contribution in [1.82, 2.24) is 5.32 Å². The van der Waals surface area contributed by atoms with E-state index in [0.29, 0.717) is 6.54 Å². The molecule has 0 spiro atoms. The number of alkyl carbamates (subject to hydrolysis) is 1. The molecule has 1 amide bonds. The Morgan fingerprint density at radius 1 is 1.33 bits per heavy atom. The fourth-order valence-electron chi connectivity index (χ4n) is 2.63. The van der Waals surface area contributed by atoms with Gasteiger partial charge in [-0.2, -0.15) is 0 Å². The average molecular weight is 247 g/mol. The first-order valence-electron chi connectivity index (χ1n) is 6.28. The second kappa shape index (κ2) is 3.99. The van der Waals surface area contributed by atoms with Gasteiger partial charge >= 0.3 is 6.09 Å². The van der Waals surface area contributed by atoms with Crippen LogP contribution in [0.15, 0.2) is 30.3 Å². The molecule has 0 aliphatic carbocycles. The van der Waals surface area contributed by atoms with E-state index in [-0.39, 0.29) is 11.7 Å². The van der Waals surface area contributed by atoms with E-state index in [1.807, 2.05) is 30.3 Å². The number of cyclic esters (lactones) is 1. The van der Waals surface area contributed by atoms with E-state index in [9.17, 15) is 4.79 Å². The molecule has 2 aliphatic rings. The van der Waals surface area contributed by atoms with Gasteiger partial charge in [-0.05, 0) is 12.5 Å². The van der Waals surface area contributed by atoms with Crippen LogP contribution in [0, 0.1) is 0 Å². The lowest BCUT2D eigenvalue weighted by Gasteiger charge is -2.38. The normalized spacial score (nSPS) is 34.6.